The molecule has 1 saturated heterocycles. The van der Waals surface area contributed by atoms with E-state index in [4.69, 9.17) is 4.74 Å². The molecule has 0 N–H and O–H groups in total. The van der Waals surface area contributed by atoms with E-state index in [-0.39, 0.29) is 6.54 Å². The topological polar surface area (TPSA) is 94.6 Å². The maximum Gasteiger partial charge on any atom is 0.332 e. The van der Waals surface area contributed by atoms with E-state index in [1.807, 2.05) is 17.8 Å². The summed E-state index contributed by atoms with van der Waals surface area (Å²) in [6, 6.07) is 10.4. The molecule has 1 aromatic carbocycles. The number of rotatable bonds is 10. The van der Waals surface area contributed by atoms with Crippen molar-refractivity contribution in [2.75, 3.05) is 45.0 Å². The summed E-state index contributed by atoms with van der Waals surface area (Å²) in [6.45, 7) is 6.44. The van der Waals surface area contributed by atoms with Crippen LogP contribution in [0.3, 0.4) is 0 Å². The molecule has 0 aliphatic carbocycles. The first kappa shape index (κ1) is 26.2. The van der Waals surface area contributed by atoms with Crippen LogP contribution in [0.1, 0.15) is 13.3 Å². The number of fused-ring (bicyclic) bond motifs is 1. The third-order valence-electron chi connectivity index (χ3n) is 6.48. The predicted molar refractivity (Wildman–Crippen MR) is 140 cm³/mol. The van der Waals surface area contributed by atoms with E-state index in [0.29, 0.717) is 17.7 Å². The van der Waals surface area contributed by atoms with Crippen molar-refractivity contribution in [2.45, 2.75) is 30.9 Å². The summed E-state index contributed by atoms with van der Waals surface area (Å²) in [5, 5.41) is 0. The number of hydrogen-bond acceptors (Lipinski definition) is 8. The number of thioether (sulfide) groups is 1. The number of hydrogen-bond donors (Lipinski definition) is 0. The fourth-order valence-corrected chi connectivity index (χ4v) is 5.46. The molecular formula is C25H34N6O4S. The van der Waals surface area contributed by atoms with Gasteiger partial charge in [-0.2, -0.15) is 0 Å². The van der Waals surface area contributed by atoms with Gasteiger partial charge >= 0.3 is 11.7 Å². The fourth-order valence-electron chi connectivity index (χ4n) is 4.61. The summed E-state index contributed by atoms with van der Waals surface area (Å²) in [5.41, 5.74) is -0.214. The third-order valence-corrected chi connectivity index (χ3v) is 7.58. The third kappa shape index (κ3) is 6.26. The molecule has 1 atom stereocenters. The van der Waals surface area contributed by atoms with Crippen LogP contribution in [0.25, 0.3) is 11.2 Å². The number of piperazine rings is 1. The van der Waals surface area contributed by atoms with Gasteiger partial charge in [-0.15, -0.1) is 11.8 Å². The van der Waals surface area contributed by atoms with Crippen molar-refractivity contribution in [1.29, 1.82) is 0 Å². The van der Waals surface area contributed by atoms with Crippen LogP contribution < -0.4 is 11.2 Å². The molecule has 0 radical (unpaired) electrons. The Morgan fingerprint density at radius 3 is 2.44 bits per heavy atom. The van der Waals surface area contributed by atoms with Gasteiger partial charge in [-0.05, 0) is 30.9 Å². The summed E-state index contributed by atoms with van der Waals surface area (Å²) < 4.78 is 9.66. The molecule has 36 heavy (non-hydrogen) atoms. The number of nitrogens with zero attached hydrogens (tertiary/aromatic N) is 6. The standard InChI is InChI=1S/C25H34N6O4S/c1-19(32)35-20(17-31-24(33)22-23(26-18-27(22)2)28(3)25(31)34)16-30-13-11-29(12-14-30)10-7-15-36-21-8-5-4-6-9-21/h4-6,8-9,18,20H,7,10-17H2,1-3H3. The molecule has 2 aromatic heterocycles. The van der Waals surface area contributed by atoms with E-state index in [9.17, 15) is 14.4 Å². The highest BCUT2D eigenvalue weighted by molar-refractivity contribution is 7.99. The van der Waals surface area contributed by atoms with Gasteiger partial charge in [0.25, 0.3) is 5.56 Å². The predicted octanol–water partition coefficient (Wildman–Crippen LogP) is 1.17. The van der Waals surface area contributed by atoms with E-state index in [2.05, 4.69) is 39.0 Å². The van der Waals surface area contributed by atoms with E-state index in [1.165, 1.54) is 22.7 Å². The van der Waals surface area contributed by atoms with E-state index >= 15 is 0 Å². The average Bonchev–Trinajstić information content (AvgIpc) is 3.26. The second-order valence-corrected chi connectivity index (χ2v) is 10.3. The van der Waals surface area contributed by atoms with E-state index in [1.54, 1.807) is 18.7 Å². The molecule has 0 saturated carbocycles. The van der Waals surface area contributed by atoms with Gasteiger partial charge in [0.05, 0.1) is 12.9 Å². The molecule has 1 fully saturated rings. The highest BCUT2D eigenvalue weighted by Crippen LogP contribution is 2.18. The van der Waals surface area contributed by atoms with Gasteiger partial charge in [0.2, 0.25) is 0 Å². The van der Waals surface area contributed by atoms with Crippen molar-refractivity contribution in [3.63, 3.8) is 0 Å². The Kier molecular flexibility index (Phi) is 8.65. The highest BCUT2D eigenvalue weighted by atomic mass is 32.2. The van der Waals surface area contributed by atoms with Gasteiger partial charge in [0.15, 0.2) is 11.2 Å². The van der Waals surface area contributed by atoms with Crippen LogP contribution in [-0.2, 0) is 30.2 Å². The smallest absolute Gasteiger partial charge is 0.332 e. The first-order valence-electron chi connectivity index (χ1n) is 12.2. The van der Waals surface area contributed by atoms with Crippen LogP contribution in [0.15, 0.2) is 51.1 Å². The normalized spacial score (nSPS) is 15.9. The van der Waals surface area contributed by atoms with Crippen LogP contribution in [0.2, 0.25) is 0 Å². The average molecular weight is 515 g/mol. The second kappa shape index (κ2) is 11.9. The molecule has 10 nitrogen and oxygen atoms in total. The lowest BCUT2D eigenvalue weighted by Gasteiger charge is -2.36. The number of carbonyl (C=O) groups is 1. The molecule has 0 amide bonds. The van der Waals surface area contributed by atoms with Gasteiger partial charge in [-0.3, -0.25) is 23.6 Å². The molecule has 194 valence electrons. The number of carbonyl (C=O) groups excluding carboxylic acids is 1. The molecule has 1 unspecified atom stereocenters. The number of aryl methyl sites for hydroxylation is 2. The number of ether oxygens (including phenoxy) is 1. The van der Waals surface area contributed by atoms with Crippen LogP contribution in [-0.4, -0.2) is 85.6 Å². The first-order chi connectivity index (χ1) is 17.3. The zero-order valence-corrected chi connectivity index (χ0v) is 21.9. The molecule has 1 aliphatic heterocycles. The minimum Gasteiger partial charge on any atom is -0.459 e. The molecule has 3 heterocycles. The minimum atomic E-state index is -0.604. The van der Waals surface area contributed by atoms with Crippen LogP contribution >= 0.6 is 11.8 Å². The Balaban J connectivity index is 1.33. The number of benzene rings is 1. The van der Waals surface area contributed by atoms with Gasteiger partial charge in [0.1, 0.15) is 6.10 Å². The molecule has 11 heteroatoms. The fraction of sp³-hybridized carbons (Fsp3) is 0.520. The number of esters is 1. The van der Waals surface area contributed by atoms with Crippen LogP contribution in [0.5, 0.6) is 0 Å². The Morgan fingerprint density at radius 2 is 1.75 bits per heavy atom. The van der Waals surface area contributed by atoms with Crippen molar-refractivity contribution in [1.82, 2.24) is 28.5 Å². The first-order valence-corrected chi connectivity index (χ1v) is 13.2. The summed E-state index contributed by atoms with van der Waals surface area (Å²) in [5.74, 6) is 0.657. The van der Waals surface area contributed by atoms with Crippen molar-refractivity contribution >= 4 is 28.9 Å². The van der Waals surface area contributed by atoms with Crippen LogP contribution in [0, 0.1) is 0 Å². The molecule has 1 aliphatic rings. The molecular weight excluding hydrogens is 480 g/mol. The van der Waals surface area contributed by atoms with Gasteiger partial charge < -0.3 is 14.2 Å². The quantitative estimate of drug-likeness (QED) is 0.226. The van der Waals surface area contributed by atoms with Crippen molar-refractivity contribution in [3.8, 4) is 0 Å². The highest BCUT2D eigenvalue weighted by Gasteiger charge is 2.24. The maximum atomic E-state index is 13.1. The van der Waals surface area contributed by atoms with Crippen molar-refractivity contribution < 1.29 is 9.53 Å². The maximum absolute atomic E-state index is 13.1. The molecule has 3 aromatic rings. The summed E-state index contributed by atoms with van der Waals surface area (Å²) >= 11 is 1.88. The van der Waals surface area contributed by atoms with E-state index in [0.717, 1.165) is 49.5 Å². The van der Waals surface area contributed by atoms with Crippen LogP contribution in [0.4, 0.5) is 0 Å². The Labute approximate surface area is 214 Å². The Hall–Kier alpha value is -2.89. The summed E-state index contributed by atoms with van der Waals surface area (Å²) in [6.07, 6.45) is 2.03. The lowest BCUT2D eigenvalue weighted by atomic mass is 10.2. The van der Waals surface area contributed by atoms with Crippen molar-refractivity contribution in [2.24, 2.45) is 14.1 Å². The molecule has 0 bridgehead atoms. The zero-order chi connectivity index (χ0) is 25.7. The second-order valence-electron chi connectivity index (χ2n) is 9.17. The summed E-state index contributed by atoms with van der Waals surface area (Å²) in [7, 11) is 3.31. The minimum absolute atomic E-state index is 0.00311. The lowest BCUT2D eigenvalue weighted by Crippen LogP contribution is -2.51. The SMILES string of the molecule is CC(=O)OC(CN1CCN(CCCSc2ccccc2)CC1)Cn1c(=O)c2c(ncn2C)n(C)c1=O. The lowest BCUT2D eigenvalue weighted by molar-refractivity contribution is -0.148. The van der Waals surface area contributed by atoms with Gasteiger partial charge in [0, 0.05) is 58.6 Å². The number of imidazole rings is 1. The number of aromatic nitrogens is 4. The largest absolute Gasteiger partial charge is 0.459 e. The van der Waals surface area contributed by atoms with Crippen molar-refractivity contribution in [3.05, 3.63) is 57.5 Å². The molecule has 0 spiro atoms. The Bertz CT molecular complexity index is 1290. The Morgan fingerprint density at radius 1 is 1.06 bits per heavy atom. The monoisotopic (exact) mass is 514 g/mol. The summed E-state index contributed by atoms with van der Waals surface area (Å²) in [4.78, 5) is 48.0. The van der Waals surface area contributed by atoms with E-state index < -0.39 is 23.3 Å². The van der Waals surface area contributed by atoms with Gasteiger partial charge in [-0.25, -0.2) is 9.78 Å². The zero-order valence-electron chi connectivity index (χ0n) is 21.1. The van der Waals surface area contributed by atoms with Gasteiger partial charge in [-0.1, -0.05) is 18.2 Å². The molecule has 4 rings (SSSR count).